The van der Waals surface area contributed by atoms with Crippen LogP contribution in [0.1, 0.15) is 20.3 Å². The van der Waals surface area contributed by atoms with E-state index in [1.165, 1.54) is 18.6 Å². The first-order valence-corrected chi connectivity index (χ1v) is 5.40. The highest BCUT2D eigenvalue weighted by atomic mass is 16.1. The Hall–Kier alpha value is -2.02. The van der Waals surface area contributed by atoms with Crippen molar-refractivity contribution in [2.75, 3.05) is 13.1 Å². The summed E-state index contributed by atoms with van der Waals surface area (Å²) in [6.07, 6.45) is 3.87. The van der Waals surface area contributed by atoms with Gasteiger partial charge in [0.1, 0.15) is 0 Å². The molecule has 0 aliphatic carbocycles. The van der Waals surface area contributed by atoms with Crippen molar-refractivity contribution in [2.45, 2.75) is 20.3 Å². The van der Waals surface area contributed by atoms with Crippen LogP contribution in [0.5, 0.6) is 0 Å². The van der Waals surface area contributed by atoms with Gasteiger partial charge in [-0.25, -0.2) is 19.6 Å². The summed E-state index contributed by atoms with van der Waals surface area (Å²) in [4.78, 5) is 24.9. The van der Waals surface area contributed by atoms with Crippen molar-refractivity contribution < 1.29 is 9.59 Å². The number of benzene rings is 1. The first-order chi connectivity index (χ1) is 8.33. The van der Waals surface area contributed by atoms with Gasteiger partial charge in [0.05, 0.1) is 13.1 Å². The molecule has 0 fully saturated rings. The van der Waals surface area contributed by atoms with Gasteiger partial charge in [-0.15, -0.1) is 0 Å². The topological polar surface area (TPSA) is 58.9 Å². The maximum atomic E-state index is 9.34. The van der Waals surface area contributed by atoms with Crippen molar-refractivity contribution in [1.29, 1.82) is 0 Å². The van der Waals surface area contributed by atoms with Crippen LogP contribution < -0.4 is 0 Å². The van der Waals surface area contributed by atoms with Crippen LogP contribution in [0.2, 0.25) is 0 Å². The maximum Gasteiger partial charge on any atom is 0.235 e. The number of hydrogen-bond acceptors (Lipinski definition) is 4. The van der Waals surface area contributed by atoms with E-state index < -0.39 is 0 Å². The molecule has 1 rings (SSSR count). The zero-order chi connectivity index (χ0) is 13.2. The van der Waals surface area contributed by atoms with Crippen molar-refractivity contribution in [3.8, 4) is 0 Å². The monoisotopic (exact) mass is 234 g/mol. The SMILES string of the molecule is CCC.O=C=NCCN=C=O.c1ccccc1. The van der Waals surface area contributed by atoms with E-state index in [0.717, 1.165) is 0 Å². The lowest BCUT2D eigenvalue weighted by atomic mass is 10.4. The minimum Gasteiger partial charge on any atom is -0.211 e. The molecule has 0 radical (unpaired) electrons. The summed E-state index contributed by atoms with van der Waals surface area (Å²) in [7, 11) is 0. The predicted molar refractivity (Wildman–Crippen MR) is 68.4 cm³/mol. The number of carbonyl (C=O) groups excluding carboxylic acids is 2. The highest BCUT2D eigenvalue weighted by Crippen LogP contribution is 1.79. The zero-order valence-electron chi connectivity index (χ0n) is 10.3. The van der Waals surface area contributed by atoms with E-state index in [1.54, 1.807) is 0 Å². The number of rotatable bonds is 3. The van der Waals surface area contributed by atoms with Crippen molar-refractivity contribution in [1.82, 2.24) is 0 Å². The van der Waals surface area contributed by atoms with Gasteiger partial charge in [0.2, 0.25) is 12.2 Å². The quantitative estimate of drug-likeness (QED) is 0.458. The first kappa shape index (κ1) is 17.4. The maximum absolute atomic E-state index is 9.34. The van der Waals surface area contributed by atoms with E-state index in [0.29, 0.717) is 0 Å². The average molecular weight is 234 g/mol. The Labute approximate surface area is 102 Å². The molecular formula is C13H18N2O2. The molecule has 0 atom stereocenters. The van der Waals surface area contributed by atoms with Crippen molar-refractivity contribution in [3.63, 3.8) is 0 Å². The Kier molecular flexibility index (Phi) is 20.0. The van der Waals surface area contributed by atoms with Gasteiger partial charge in [0.15, 0.2) is 0 Å². The van der Waals surface area contributed by atoms with Crippen LogP contribution in [0.3, 0.4) is 0 Å². The van der Waals surface area contributed by atoms with E-state index >= 15 is 0 Å². The lowest BCUT2D eigenvalue weighted by molar-refractivity contribution is 0.560. The Morgan fingerprint density at radius 1 is 0.765 bits per heavy atom. The third-order valence-electron chi connectivity index (χ3n) is 1.12. The second-order valence-corrected chi connectivity index (χ2v) is 2.81. The van der Waals surface area contributed by atoms with Crippen molar-refractivity contribution in [2.24, 2.45) is 9.98 Å². The minimum absolute atomic E-state index is 0.221. The average Bonchev–Trinajstić information content (AvgIpc) is 2.39. The fourth-order valence-corrected chi connectivity index (χ4v) is 0.576. The molecule has 0 aliphatic heterocycles. The molecule has 0 heterocycles. The first-order valence-electron chi connectivity index (χ1n) is 5.40. The molecule has 0 spiro atoms. The summed E-state index contributed by atoms with van der Waals surface area (Å²) in [5.74, 6) is 0. The minimum atomic E-state index is 0.221. The number of nitrogens with zero attached hydrogens (tertiary/aromatic N) is 2. The smallest absolute Gasteiger partial charge is 0.211 e. The van der Waals surface area contributed by atoms with E-state index in [2.05, 4.69) is 23.8 Å². The van der Waals surface area contributed by atoms with Gasteiger partial charge in [0, 0.05) is 0 Å². The Morgan fingerprint density at radius 3 is 1.18 bits per heavy atom. The largest absolute Gasteiger partial charge is 0.235 e. The molecule has 4 heteroatoms. The second-order valence-electron chi connectivity index (χ2n) is 2.81. The normalized spacial score (nSPS) is 6.94. The number of hydrogen-bond donors (Lipinski definition) is 0. The molecule has 0 aromatic heterocycles. The molecule has 0 N–H and O–H groups in total. The van der Waals surface area contributed by atoms with Gasteiger partial charge >= 0.3 is 0 Å². The van der Waals surface area contributed by atoms with Gasteiger partial charge in [-0.05, 0) is 0 Å². The summed E-state index contributed by atoms with van der Waals surface area (Å²) in [6, 6.07) is 12.0. The van der Waals surface area contributed by atoms with Crippen LogP contribution >= 0.6 is 0 Å². The molecule has 92 valence electrons. The Balaban J connectivity index is 0. The van der Waals surface area contributed by atoms with Gasteiger partial charge in [-0.1, -0.05) is 56.7 Å². The molecule has 0 bridgehead atoms. The fourth-order valence-electron chi connectivity index (χ4n) is 0.576. The molecule has 0 saturated heterocycles. The number of aliphatic imine (C=N–C) groups is 2. The molecule has 17 heavy (non-hydrogen) atoms. The lowest BCUT2D eigenvalue weighted by Gasteiger charge is -1.74. The molecule has 1 aromatic rings. The molecule has 4 nitrogen and oxygen atoms in total. The molecule has 1 aromatic carbocycles. The molecular weight excluding hydrogens is 216 g/mol. The highest BCUT2D eigenvalue weighted by molar-refractivity contribution is 5.34. The van der Waals surface area contributed by atoms with Crippen molar-refractivity contribution in [3.05, 3.63) is 36.4 Å². The summed E-state index contributed by atoms with van der Waals surface area (Å²) in [5.41, 5.74) is 0. The second kappa shape index (κ2) is 19.5. The highest BCUT2D eigenvalue weighted by Gasteiger charge is 1.73. The van der Waals surface area contributed by atoms with E-state index in [-0.39, 0.29) is 13.1 Å². The summed E-state index contributed by atoms with van der Waals surface area (Å²) < 4.78 is 0. The standard InChI is InChI=1S/C6H6.C4H4N2O2.C3H8/c1-2-4-6-5-3-1;7-3-5-1-2-6-4-8;1-3-2/h1-6H;1-2H2;3H2,1-2H3. The summed E-state index contributed by atoms with van der Waals surface area (Å²) in [6.45, 7) is 4.69. The van der Waals surface area contributed by atoms with Crippen molar-refractivity contribution >= 4 is 12.2 Å². The predicted octanol–water partition coefficient (Wildman–Crippen LogP) is 2.76. The van der Waals surface area contributed by atoms with Crippen LogP contribution in [0.4, 0.5) is 0 Å². The van der Waals surface area contributed by atoms with E-state index in [4.69, 9.17) is 0 Å². The van der Waals surface area contributed by atoms with E-state index in [9.17, 15) is 9.59 Å². The number of isocyanates is 2. The van der Waals surface area contributed by atoms with Crippen LogP contribution in [0, 0.1) is 0 Å². The molecule has 0 saturated carbocycles. The zero-order valence-corrected chi connectivity index (χ0v) is 10.3. The van der Waals surface area contributed by atoms with Gasteiger partial charge in [-0.3, -0.25) is 0 Å². The fraction of sp³-hybridized carbons (Fsp3) is 0.385. The van der Waals surface area contributed by atoms with Gasteiger partial charge in [-0.2, -0.15) is 0 Å². The lowest BCUT2D eigenvalue weighted by Crippen LogP contribution is -1.82. The third-order valence-corrected chi connectivity index (χ3v) is 1.12. The molecule has 0 amide bonds. The third kappa shape index (κ3) is 24.9. The van der Waals surface area contributed by atoms with E-state index in [1.807, 2.05) is 36.4 Å². The van der Waals surface area contributed by atoms with Gasteiger partial charge < -0.3 is 0 Å². The summed E-state index contributed by atoms with van der Waals surface area (Å²) >= 11 is 0. The summed E-state index contributed by atoms with van der Waals surface area (Å²) in [5, 5.41) is 0. The molecule has 0 unspecified atom stereocenters. The van der Waals surface area contributed by atoms with Crippen LogP contribution in [0.25, 0.3) is 0 Å². The van der Waals surface area contributed by atoms with Crippen LogP contribution in [0.15, 0.2) is 46.4 Å². The molecule has 0 aliphatic rings. The Bertz CT molecular complexity index is 282. The van der Waals surface area contributed by atoms with Crippen LogP contribution in [-0.4, -0.2) is 25.2 Å². The van der Waals surface area contributed by atoms with Crippen LogP contribution in [-0.2, 0) is 9.59 Å². The van der Waals surface area contributed by atoms with Gasteiger partial charge in [0.25, 0.3) is 0 Å². The Morgan fingerprint density at radius 2 is 1.00 bits per heavy atom.